The molecule has 0 saturated heterocycles. The Kier molecular flexibility index (Phi) is 5.45. The van der Waals surface area contributed by atoms with Crippen molar-refractivity contribution in [2.75, 3.05) is 5.75 Å². The largest absolute Gasteiger partial charge is 0.481 e. The zero-order chi connectivity index (χ0) is 11.4. The molecule has 0 rings (SSSR count). The third-order valence-corrected chi connectivity index (χ3v) is 2.98. The Morgan fingerprint density at radius 1 is 1.50 bits per heavy atom. The van der Waals surface area contributed by atoms with Gasteiger partial charge in [0.2, 0.25) is 0 Å². The number of aliphatic carboxylic acids is 1. The maximum atomic E-state index is 11.0. The molecule has 0 fully saturated rings. The summed E-state index contributed by atoms with van der Waals surface area (Å²) in [5, 5.41) is 8.75. The van der Waals surface area contributed by atoms with Crippen LogP contribution in [0.15, 0.2) is 0 Å². The summed E-state index contributed by atoms with van der Waals surface area (Å²) in [5.41, 5.74) is 0. The number of carbonyl (C=O) groups excluding carboxylic acids is 1. The van der Waals surface area contributed by atoms with Crippen molar-refractivity contribution in [3.63, 3.8) is 0 Å². The van der Waals surface area contributed by atoms with Gasteiger partial charge in [0.1, 0.15) is 0 Å². The first-order valence-corrected chi connectivity index (χ1v) is 5.51. The van der Waals surface area contributed by atoms with Crippen LogP contribution >= 0.6 is 21.2 Å². The van der Waals surface area contributed by atoms with Crippen LogP contribution in [-0.2, 0) is 14.1 Å². The topological polar surface area (TPSA) is 63.6 Å². The molecule has 0 aliphatic rings. The number of hydrogen-bond acceptors (Lipinski definition) is 4. The molecule has 2 atom stereocenters. The van der Waals surface area contributed by atoms with Crippen molar-refractivity contribution in [1.29, 1.82) is 0 Å². The van der Waals surface area contributed by atoms with Crippen molar-refractivity contribution in [1.82, 2.24) is 0 Å². The normalized spacial score (nSPS) is 13.4. The van der Waals surface area contributed by atoms with Gasteiger partial charge in [0.15, 0.2) is 5.92 Å². The molecule has 2 unspecified atom stereocenters. The zero-order valence-corrected chi connectivity index (χ0v) is 10.4. The SMILES string of the molecule is CC(C)(C)SCC(C(=O)O)C(=O)OP. The van der Waals surface area contributed by atoms with E-state index in [4.69, 9.17) is 5.11 Å². The van der Waals surface area contributed by atoms with E-state index in [2.05, 4.69) is 4.52 Å². The molecule has 0 bridgehead atoms. The lowest BCUT2D eigenvalue weighted by molar-refractivity contribution is -0.151. The molecular weight excluding hydrogens is 223 g/mol. The van der Waals surface area contributed by atoms with Crippen molar-refractivity contribution in [3.05, 3.63) is 0 Å². The van der Waals surface area contributed by atoms with Gasteiger partial charge in [-0.1, -0.05) is 20.8 Å². The lowest BCUT2D eigenvalue weighted by Crippen LogP contribution is -2.27. The molecule has 0 aromatic rings. The minimum atomic E-state index is -1.14. The number of carboxylic acid groups (broad SMARTS) is 1. The Bertz CT molecular complexity index is 224. The Labute approximate surface area is 90.1 Å². The van der Waals surface area contributed by atoms with Crippen molar-refractivity contribution >= 4 is 33.2 Å². The van der Waals surface area contributed by atoms with Gasteiger partial charge in [-0.25, -0.2) is 0 Å². The van der Waals surface area contributed by atoms with Gasteiger partial charge in [0.25, 0.3) is 0 Å². The van der Waals surface area contributed by atoms with Crippen LogP contribution in [0.4, 0.5) is 0 Å². The van der Waals surface area contributed by atoms with Gasteiger partial charge in [-0.15, -0.1) is 0 Å². The highest BCUT2D eigenvalue weighted by Crippen LogP contribution is 2.26. The number of hydrogen-bond donors (Lipinski definition) is 1. The van der Waals surface area contributed by atoms with Gasteiger partial charge >= 0.3 is 11.9 Å². The molecular formula is C8H15O4PS. The van der Waals surface area contributed by atoms with E-state index in [0.717, 1.165) is 0 Å². The quantitative estimate of drug-likeness (QED) is 0.594. The van der Waals surface area contributed by atoms with Gasteiger partial charge in [0.05, 0.1) is 9.47 Å². The van der Waals surface area contributed by atoms with Crippen molar-refractivity contribution < 1.29 is 19.2 Å². The second-order valence-corrected chi connectivity index (χ2v) is 5.83. The van der Waals surface area contributed by atoms with Crippen LogP contribution in [0.25, 0.3) is 0 Å². The third-order valence-electron chi connectivity index (χ3n) is 1.38. The van der Waals surface area contributed by atoms with Crippen LogP contribution < -0.4 is 0 Å². The summed E-state index contributed by atoms with van der Waals surface area (Å²) in [6.07, 6.45) is 0. The van der Waals surface area contributed by atoms with E-state index in [9.17, 15) is 9.59 Å². The molecule has 6 heteroatoms. The molecule has 0 heterocycles. The molecule has 82 valence electrons. The third kappa shape index (κ3) is 5.45. The van der Waals surface area contributed by atoms with Crippen LogP contribution in [0, 0.1) is 5.92 Å². The van der Waals surface area contributed by atoms with Crippen molar-refractivity contribution in [2.45, 2.75) is 25.5 Å². The van der Waals surface area contributed by atoms with Gasteiger partial charge in [-0.05, 0) is 0 Å². The maximum Gasteiger partial charge on any atom is 0.323 e. The summed E-state index contributed by atoms with van der Waals surface area (Å²) < 4.78 is 4.26. The Morgan fingerprint density at radius 2 is 2.00 bits per heavy atom. The lowest BCUT2D eigenvalue weighted by atomic mass is 10.2. The number of carbonyl (C=O) groups is 2. The average molecular weight is 238 g/mol. The monoisotopic (exact) mass is 238 g/mol. The summed E-state index contributed by atoms with van der Waals surface area (Å²) >= 11 is 1.42. The van der Waals surface area contributed by atoms with Crippen molar-refractivity contribution in [3.8, 4) is 0 Å². The Hall–Kier alpha value is -0.280. The number of thioether (sulfide) groups is 1. The number of carboxylic acids is 1. The van der Waals surface area contributed by atoms with Crippen molar-refractivity contribution in [2.24, 2.45) is 5.92 Å². The molecule has 0 spiro atoms. The predicted octanol–water partition coefficient (Wildman–Crippen LogP) is 1.55. The average Bonchev–Trinajstić information content (AvgIpc) is 2.01. The first-order valence-electron chi connectivity index (χ1n) is 4.05. The lowest BCUT2D eigenvalue weighted by Gasteiger charge is -2.19. The van der Waals surface area contributed by atoms with Gasteiger partial charge in [-0.3, -0.25) is 9.59 Å². The van der Waals surface area contributed by atoms with E-state index >= 15 is 0 Å². The molecule has 0 saturated carbocycles. The summed E-state index contributed by atoms with van der Waals surface area (Å²) in [6, 6.07) is 0. The van der Waals surface area contributed by atoms with E-state index < -0.39 is 17.9 Å². The summed E-state index contributed by atoms with van der Waals surface area (Å²) in [6.45, 7) is 5.88. The van der Waals surface area contributed by atoms with Gasteiger partial charge in [0, 0.05) is 10.5 Å². The first-order chi connectivity index (χ1) is 6.28. The van der Waals surface area contributed by atoms with E-state index in [1.807, 2.05) is 20.8 Å². The summed E-state index contributed by atoms with van der Waals surface area (Å²) in [5.74, 6) is -2.73. The van der Waals surface area contributed by atoms with Crippen LogP contribution in [0.3, 0.4) is 0 Å². The summed E-state index contributed by atoms with van der Waals surface area (Å²) in [7, 11) is 1.77. The highest BCUT2D eigenvalue weighted by Gasteiger charge is 2.29. The maximum absolute atomic E-state index is 11.0. The van der Waals surface area contributed by atoms with Gasteiger partial charge < -0.3 is 9.63 Å². The Balaban J connectivity index is 4.26. The van der Waals surface area contributed by atoms with Crippen LogP contribution in [0.2, 0.25) is 0 Å². The second-order valence-electron chi connectivity index (χ2n) is 3.75. The smallest absolute Gasteiger partial charge is 0.323 e. The molecule has 4 nitrogen and oxygen atoms in total. The molecule has 0 radical (unpaired) electrons. The van der Waals surface area contributed by atoms with Gasteiger partial charge in [-0.2, -0.15) is 11.8 Å². The first kappa shape index (κ1) is 13.7. The fourth-order valence-electron chi connectivity index (χ4n) is 0.656. The molecule has 1 N–H and O–H groups in total. The highest BCUT2D eigenvalue weighted by atomic mass is 32.2. The molecule has 0 aromatic carbocycles. The zero-order valence-electron chi connectivity index (χ0n) is 8.44. The molecule has 0 amide bonds. The molecule has 0 aliphatic heterocycles. The molecule has 0 aliphatic carbocycles. The van der Waals surface area contributed by atoms with E-state index in [0.29, 0.717) is 0 Å². The van der Waals surface area contributed by atoms with E-state index in [1.165, 1.54) is 11.8 Å². The van der Waals surface area contributed by atoms with Crippen LogP contribution in [0.5, 0.6) is 0 Å². The highest BCUT2D eigenvalue weighted by molar-refractivity contribution is 8.00. The number of rotatable bonds is 4. The minimum absolute atomic E-state index is 0.0607. The fourth-order valence-corrected chi connectivity index (χ4v) is 1.77. The standard InChI is InChI=1S/C8H15O4PS/c1-8(2,3)14-4-5(6(9)10)7(11)12-13/h5H,4,13H2,1-3H3,(H,9,10). The van der Waals surface area contributed by atoms with Crippen LogP contribution in [-0.4, -0.2) is 27.5 Å². The molecule has 14 heavy (non-hydrogen) atoms. The predicted molar refractivity (Wildman–Crippen MR) is 59.1 cm³/mol. The second kappa shape index (κ2) is 5.56. The molecule has 0 aromatic heterocycles. The minimum Gasteiger partial charge on any atom is -0.481 e. The fraction of sp³-hybridized carbons (Fsp3) is 0.750. The van der Waals surface area contributed by atoms with E-state index in [-0.39, 0.29) is 10.5 Å². The van der Waals surface area contributed by atoms with Crippen LogP contribution in [0.1, 0.15) is 20.8 Å². The summed E-state index contributed by atoms with van der Waals surface area (Å²) in [4.78, 5) is 21.7. The Morgan fingerprint density at radius 3 is 2.29 bits per heavy atom. The van der Waals surface area contributed by atoms with E-state index in [1.54, 1.807) is 9.47 Å².